The fraction of sp³-hybridized carbons (Fsp3) is 0.303. The number of aromatic nitrogens is 2. The van der Waals surface area contributed by atoms with Gasteiger partial charge in [0.25, 0.3) is 5.91 Å². The van der Waals surface area contributed by atoms with Gasteiger partial charge < -0.3 is 9.64 Å². The quantitative estimate of drug-likeness (QED) is 0.275. The number of carbonyl (C=O) groups excluding carboxylic acids is 2. The largest absolute Gasteiger partial charge is 0.376 e. The number of benzene rings is 3. The van der Waals surface area contributed by atoms with E-state index in [9.17, 15) is 9.59 Å². The van der Waals surface area contributed by atoms with Crippen molar-refractivity contribution in [1.29, 1.82) is 0 Å². The van der Waals surface area contributed by atoms with E-state index in [1.54, 1.807) is 17.0 Å². The predicted molar refractivity (Wildman–Crippen MR) is 158 cm³/mol. The smallest absolute Gasteiger partial charge is 0.254 e. The number of imidazole rings is 1. The zero-order valence-corrected chi connectivity index (χ0v) is 23.3. The Morgan fingerprint density at radius 3 is 2.40 bits per heavy atom. The maximum Gasteiger partial charge on any atom is 0.254 e. The van der Waals surface area contributed by atoms with Gasteiger partial charge in [-0.25, -0.2) is 4.98 Å². The second-order valence-electron chi connectivity index (χ2n) is 10.7. The fourth-order valence-corrected chi connectivity index (χ4v) is 4.90. The highest BCUT2D eigenvalue weighted by atomic mass is 16.5. The lowest BCUT2D eigenvalue weighted by Crippen LogP contribution is -2.42. The Labute approximate surface area is 235 Å². The van der Waals surface area contributed by atoms with Gasteiger partial charge in [0.1, 0.15) is 6.54 Å². The number of nitrogens with zero attached hydrogens (tertiary/aromatic N) is 3. The van der Waals surface area contributed by atoms with Crippen LogP contribution in [-0.4, -0.2) is 52.1 Å². The molecule has 0 spiro atoms. The number of aryl methyl sites for hydroxylation is 1. The van der Waals surface area contributed by atoms with Crippen LogP contribution in [-0.2, 0) is 9.53 Å². The van der Waals surface area contributed by atoms with Gasteiger partial charge in [-0.15, -0.1) is 0 Å². The Balaban J connectivity index is 1.41. The lowest BCUT2D eigenvalue weighted by Gasteiger charge is -2.25. The second kappa shape index (κ2) is 12.3. The molecule has 1 fully saturated rings. The van der Waals surface area contributed by atoms with Gasteiger partial charge in [-0.2, -0.15) is 0 Å². The molecule has 2 amide bonds. The van der Waals surface area contributed by atoms with Gasteiger partial charge in [-0.3, -0.25) is 19.5 Å². The summed E-state index contributed by atoms with van der Waals surface area (Å²) in [6.45, 7) is 7.23. The third kappa shape index (κ3) is 6.49. The molecule has 7 nitrogen and oxygen atoms in total. The average Bonchev–Trinajstić information content (AvgIpc) is 3.63. The van der Waals surface area contributed by atoms with Gasteiger partial charge in [-0.05, 0) is 55.5 Å². The summed E-state index contributed by atoms with van der Waals surface area (Å²) in [5.41, 5.74) is 5.44. The van der Waals surface area contributed by atoms with E-state index in [1.165, 1.54) is 5.56 Å². The number of anilines is 1. The van der Waals surface area contributed by atoms with Crippen molar-refractivity contribution >= 4 is 17.8 Å². The first-order valence-electron chi connectivity index (χ1n) is 13.9. The third-order valence-corrected chi connectivity index (χ3v) is 7.23. The van der Waals surface area contributed by atoms with Gasteiger partial charge in [0.15, 0.2) is 0 Å². The van der Waals surface area contributed by atoms with Crippen LogP contribution < -0.4 is 5.32 Å². The number of carbonyl (C=O) groups is 2. The Bertz CT molecular complexity index is 1440. The number of rotatable bonds is 9. The molecule has 40 heavy (non-hydrogen) atoms. The van der Waals surface area contributed by atoms with Crippen molar-refractivity contribution in [3.63, 3.8) is 0 Å². The van der Waals surface area contributed by atoms with E-state index in [1.807, 2.05) is 72.3 Å². The molecule has 1 saturated heterocycles. The van der Waals surface area contributed by atoms with Crippen LogP contribution in [0.15, 0.2) is 85.1 Å². The molecule has 1 aliphatic heterocycles. The number of hydrogen-bond acceptors (Lipinski definition) is 4. The zero-order valence-electron chi connectivity index (χ0n) is 23.3. The Morgan fingerprint density at radius 1 is 1.02 bits per heavy atom. The summed E-state index contributed by atoms with van der Waals surface area (Å²) in [5, 5.41) is 2.99. The summed E-state index contributed by atoms with van der Waals surface area (Å²) in [7, 11) is 0. The van der Waals surface area contributed by atoms with E-state index < -0.39 is 0 Å². The molecule has 5 rings (SSSR count). The van der Waals surface area contributed by atoms with Crippen molar-refractivity contribution in [2.45, 2.75) is 45.6 Å². The molecule has 4 aromatic rings. The maximum atomic E-state index is 13.5. The summed E-state index contributed by atoms with van der Waals surface area (Å²) in [4.78, 5) is 33.3. The number of amides is 2. The number of ether oxygens (including phenoxy) is 1. The first-order chi connectivity index (χ1) is 19.4. The average molecular weight is 537 g/mol. The summed E-state index contributed by atoms with van der Waals surface area (Å²) in [6, 6.07) is 25.5. The highest BCUT2D eigenvalue weighted by Gasteiger charge is 2.26. The van der Waals surface area contributed by atoms with Crippen LogP contribution in [0.3, 0.4) is 0 Å². The van der Waals surface area contributed by atoms with Crippen molar-refractivity contribution in [2.75, 3.05) is 25.0 Å². The van der Waals surface area contributed by atoms with Gasteiger partial charge in [0, 0.05) is 36.2 Å². The molecule has 3 aromatic carbocycles. The molecule has 0 aliphatic carbocycles. The van der Waals surface area contributed by atoms with E-state index in [0.717, 1.165) is 35.3 Å². The normalized spacial score (nSPS) is 14.8. The van der Waals surface area contributed by atoms with Crippen LogP contribution in [0.2, 0.25) is 0 Å². The Hall–Kier alpha value is -4.23. The molecule has 0 bridgehead atoms. The summed E-state index contributed by atoms with van der Waals surface area (Å²) < 4.78 is 7.69. The molecule has 1 aromatic heterocycles. The van der Waals surface area contributed by atoms with Crippen molar-refractivity contribution in [3.05, 3.63) is 102 Å². The van der Waals surface area contributed by atoms with Crippen LogP contribution in [0.1, 0.15) is 54.1 Å². The lowest BCUT2D eigenvalue weighted by atomic mass is 10.0. The minimum Gasteiger partial charge on any atom is -0.376 e. The molecule has 1 unspecified atom stereocenters. The van der Waals surface area contributed by atoms with Crippen LogP contribution in [0, 0.1) is 6.92 Å². The van der Waals surface area contributed by atoms with Crippen molar-refractivity contribution in [3.8, 4) is 16.9 Å². The monoisotopic (exact) mass is 536 g/mol. The van der Waals surface area contributed by atoms with Crippen molar-refractivity contribution in [2.24, 2.45) is 0 Å². The van der Waals surface area contributed by atoms with Gasteiger partial charge >= 0.3 is 0 Å². The minimum atomic E-state index is -0.316. The third-order valence-electron chi connectivity index (χ3n) is 7.23. The van der Waals surface area contributed by atoms with Crippen LogP contribution in [0.25, 0.3) is 16.9 Å². The molecule has 2 heterocycles. The summed E-state index contributed by atoms with van der Waals surface area (Å²) >= 11 is 0. The first-order valence-corrected chi connectivity index (χ1v) is 13.9. The standard InChI is InChI=1S/C33H36N4O3/c1-23(2)25-15-17-28(18-16-25)37-21-30(26-8-5-4-6-9-26)34-33(37)35-31(38)22-36(20-29-10-7-19-40-29)32(39)27-13-11-24(3)12-14-27/h4-6,8-9,11-18,21,23,29H,7,10,19-20,22H2,1-3H3,(H,34,35,38). The van der Waals surface area contributed by atoms with E-state index in [2.05, 4.69) is 31.3 Å². The van der Waals surface area contributed by atoms with Gasteiger partial charge in [0.2, 0.25) is 11.9 Å². The van der Waals surface area contributed by atoms with Crippen LogP contribution in [0.5, 0.6) is 0 Å². The highest BCUT2D eigenvalue weighted by Crippen LogP contribution is 2.26. The number of hydrogen-bond donors (Lipinski definition) is 1. The van der Waals surface area contributed by atoms with E-state index in [0.29, 0.717) is 30.6 Å². The van der Waals surface area contributed by atoms with Gasteiger partial charge in [-0.1, -0.05) is 74.0 Å². The molecule has 1 aliphatic rings. The van der Waals surface area contributed by atoms with Crippen LogP contribution >= 0.6 is 0 Å². The van der Waals surface area contributed by atoms with E-state index >= 15 is 0 Å². The fourth-order valence-electron chi connectivity index (χ4n) is 4.90. The highest BCUT2D eigenvalue weighted by molar-refractivity contribution is 5.99. The molecule has 1 N–H and O–H groups in total. The molecule has 206 valence electrons. The topological polar surface area (TPSA) is 76.5 Å². The first kappa shape index (κ1) is 27.3. The second-order valence-corrected chi connectivity index (χ2v) is 10.7. The summed E-state index contributed by atoms with van der Waals surface area (Å²) in [6.07, 6.45) is 3.68. The molecular formula is C33H36N4O3. The lowest BCUT2D eigenvalue weighted by molar-refractivity contribution is -0.117. The van der Waals surface area contributed by atoms with Crippen molar-refractivity contribution in [1.82, 2.24) is 14.5 Å². The van der Waals surface area contributed by atoms with E-state index in [-0.39, 0.29) is 24.5 Å². The molecule has 7 heteroatoms. The SMILES string of the molecule is Cc1ccc(C(=O)N(CC(=O)Nc2nc(-c3ccccc3)cn2-c2ccc(C(C)C)cc2)CC2CCCO2)cc1. The Kier molecular flexibility index (Phi) is 8.41. The zero-order chi connectivity index (χ0) is 28.1. The molecule has 1 atom stereocenters. The van der Waals surface area contributed by atoms with Gasteiger partial charge in [0.05, 0.1) is 11.8 Å². The number of nitrogens with one attached hydrogen (secondary N) is 1. The van der Waals surface area contributed by atoms with Crippen molar-refractivity contribution < 1.29 is 14.3 Å². The predicted octanol–water partition coefficient (Wildman–Crippen LogP) is 6.23. The van der Waals surface area contributed by atoms with E-state index in [4.69, 9.17) is 9.72 Å². The Morgan fingerprint density at radius 2 is 1.75 bits per heavy atom. The maximum absolute atomic E-state index is 13.5. The molecular weight excluding hydrogens is 500 g/mol. The minimum absolute atomic E-state index is 0.0756. The summed E-state index contributed by atoms with van der Waals surface area (Å²) in [5.74, 6) is 0.310. The molecule has 0 radical (unpaired) electrons. The van der Waals surface area contributed by atoms with Crippen LogP contribution in [0.4, 0.5) is 5.95 Å². The molecule has 0 saturated carbocycles.